The van der Waals surface area contributed by atoms with Crippen LogP contribution >= 0.6 is 0 Å². The van der Waals surface area contributed by atoms with E-state index in [2.05, 4.69) is 0 Å². The summed E-state index contributed by atoms with van der Waals surface area (Å²) in [5, 5.41) is 10.9. The highest BCUT2D eigenvalue weighted by atomic mass is 16.5. The molecule has 0 saturated carbocycles. The Morgan fingerprint density at radius 1 is 0.962 bits per heavy atom. The molecule has 0 fully saturated rings. The number of carbonyl (C=O) groups is 2. The molecule has 0 aliphatic carbocycles. The average Bonchev–Trinajstić information content (AvgIpc) is 2.71. The number of nitrogens with zero attached hydrogens (tertiary/aromatic N) is 1. The standard InChI is InChI=1S/C20H19N3O3/c21-12-19(24)23(18-9-7-16(8-10-18)20(25)22-26)13-14-5-6-15-3-1-2-4-17(15)11-14/h1-11,26H,12-13,21H2,(H,22,25). The molecule has 0 aliphatic rings. The van der Waals surface area contributed by atoms with E-state index in [9.17, 15) is 9.59 Å². The summed E-state index contributed by atoms with van der Waals surface area (Å²) in [5.41, 5.74) is 9.04. The zero-order chi connectivity index (χ0) is 18.5. The fourth-order valence-corrected chi connectivity index (χ4v) is 2.81. The molecule has 0 aromatic heterocycles. The normalized spacial score (nSPS) is 10.5. The van der Waals surface area contributed by atoms with Gasteiger partial charge in [0.15, 0.2) is 0 Å². The van der Waals surface area contributed by atoms with Gasteiger partial charge in [-0.3, -0.25) is 14.8 Å². The van der Waals surface area contributed by atoms with Crippen LogP contribution in [-0.2, 0) is 11.3 Å². The molecule has 0 saturated heterocycles. The lowest BCUT2D eigenvalue weighted by atomic mass is 10.1. The lowest BCUT2D eigenvalue weighted by molar-refractivity contribution is -0.117. The first kappa shape index (κ1) is 17.6. The number of carbonyl (C=O) groups excluding carboxylic acids is 2. The van der Waals surface area contributed by atoms with Crippen LogP contribution in [0.25, 0.3) is 10.8 Å². The number of nitrogens with one attached hydrogen (secondary N) is 1. The van der Waals surface area contributed by atoms with Gasteiger partial charge in [-0.15, -0.1) is 0 Å². The van der Waals surface area contributed by atoms with E-state index < -0.39 is 5.91 Å². The van der Waals surface area contributed by atoms with Crippen LogP contribution in [0.4, 0.5) is 5.69 Å². The third-order valence-corrected chi connectivity index (χ3v) is 4.17. The maximum absolute atomic E-state index is 12.3. The van der Waals surface area contributed by atoms with E-state index in [1.165, 1.54) is 12.1 Å². The highest BCUT2D eigenvalue weighted by Crippen LogP contribution is 2.21. The molecular formula is C20H19N3O3. The highest BCUT2D eigenvalue weighted by molar-refractivity contribution is 5.97. The summed E-state index contributed by atoms with van der Waals surface area (Å²) in [6, 6.07) is 20.4. The van der Waals surface area contributed by atoms with E-state index in [1.807, 2.05) is 42.5 Å². The van der Waals surface area contributed by atoms with Crippen molar-refractivity contribution >= 4 is 28.3 Å². The first-order chi connectivity index (χ1) is 12.6. The smallest absolute Gasteiger partial charge is 0.274 e. The van der Waals surface area contributed by atoms with Crippen molar-refractivity contribution in [2.45, 2.75) is 6.54 Å². The van der Waals surface area contributed by atoms with Gasteiger partial charge in [0.2, 0.25) is 5.91 Å². The van der Waals surface area contributed by atoms with Crippen LogP contribution in [0.2, 0.25) is 0 Å². The van der Waals surface area contributed by atoms with E-state index in [1.54, 1.807) is 22.5 Å². The van der Waals surface area contributed by atoms with Crippen LogP contribution in [0, 0.1) is 0 Å². The minimum absolute atomic E-state index is 0.119. The van der Waals surface area contributed by atoms with Crippen molar-refractivity contribution in [2.24, 2.45) is 5.73 Å². The van der Waals surface area contributed by atoms with Crippen molar-refractivity contribution in [1.82, 2.24) is 5.48 Å². The van der Waals surface area contributed by atoms with Gasteiger partial charge in [-0.25, -0.2) is 5.48 Å². The van der Waals surface area contributed by atoms with E-state index in [0.29, 0.717) is 17.8 Å². The van der Waals surface area contributed by atoms with Gasteiger partial charge in [-0.2, -0.15) is 0 Å². The Hall–Kier alpha value is -3.22. The summed E-state index contributed by atoms with van der Waals surface area (Å²) < 4.78 is 0. The molecule has 6 heteroatoms. The Kier molecular flexibility index (Phi) is 5.26. The number of benzene rings is 3. The van der Waals surface area contributed by atoms with Gasteiger partial charge in [-0.05, 0) is 46.7 Å². The fraction of sp³-hybridized carbons (Fsp3) is 0.100. The third-order valence-electron chi connectivity index (χ3n) is 4.17. The number of fused-ring (bicyclic) bond motifs is 1. The molecule has 0 heterocycles. The molecule has 0 aliphatic heterocycles. The van der Waals surface area contributed by atoms with Crippen molar-refractivity contribution in [1.29, 1.82) is 0 Å². The van der Waals surface area contributed by atoms with Crippen LogP contribution in [0.5, 0.6) is 0 Å². The van der Waals surface area contributed by atoms with Crippen molar-refractivity contribution in [3.8, 4) is 0 Å². The Balaban J connectivity index is 1.90. The molecule has 26 heavy (non-hydrogen) atoms. The number of anilines is 1. The maximum atomic E-state index is 12.3. The molecule has 4 N–H and O–H groups in total. The molecule has 3 aromatic rings. The topological polar surface area (TPSA) is 95.7 Å². The van der Waals surface area contributed by atoms with Crippen LogP contribution in [0.15, 0.2) is 66.7 Å². The Morgan fingerprint density at radius 2 is 1.65 bits per heavy atom. The maximum Gasteiger partial charge on any atom is 0.274 e. The van der Waals surface area contributed by atoms with Gasteiger partial charge in [0.05, 0.1) is 13.1 Å². The summed E-state index contributed by atoms with van der Waals surface area (Å²) in [6.45, 7) is 0.249. The largest absolute Gasteiger partial charge is 0.322 e. The van der Waals surface area contributed by atoms with Gasteiger partial charge in [0.1, 0.15) is 0 Å². The highest BCUT2D eigenvalue weighted by Gasteiger charge is 2.16. The summed E-state index contributed by atoms with van der Waals surface area (Å²) >= 11 is 0. The molecule has 2 amide bonds. The lowest BCUT2D eigenvalue weighted by Gasteiger charge is -2.23. The second-order valence-corrected chi connectivity index (χ2v) is 5.85. The predicted octanol–water partition coefficient (Wildman–Crippen LogP) is 2.45. The van der Waals surface area contributed by atoms with Crippen molar-refractivity contribution in [3.05, 3.63) is 77.9 Å². The number of nitrogens with two attached hydrogens (primary N) is 1. The number of hydrogen-bond acceptors (Lipinski definition) is 4. The molecule has 3 aromatic carbocycles. The number of rotatable bonds is 5. The lowest BCUT2D eigenvalue weighted by Crippen LogP contribution is -2.35. The molecule has 0 atom stereocenters. The Morgan fingerprint density at radius 3 is 2.31 bits per heavy atom. The summed E-state index contributed by atoms with van der Waals surface area (Å²) in [6.07, 6.45) is 0. The Bertz CT molecular complexity index is 938. The van der Waals surface area contributed by atoms with Crippen LogP contribution in [0.1, 0.15) is 15.9 Å². The van der Waals surface area contributed by atoms with Crippen molar-refractivity contribution in [3.63, 3.8) is 0 Å². The molecule has 0 bridgehead atoms. The summed E-state index contributed by atoms with van der Waals surface area (Å²) in [5.74, 6) is -0.833. The third kappa shape index (κ3) is 3.72. The molecule has 0 radical (unpaired) electrons. The Labute approximate surface area is 150 Å². The molecule has 6 nitrogen and oxygen atoms in total. The zero-order valence-corrected chi connectivity index (χ0v) is 14.1. The van der Waals surface area contributed by atoms with E-state index >= 15 is 0 Å². The summed E-state index contributed by atoms with van der Waals surface area (Å²) in [7, 11) is 0. The van der Waals surface area contributed by atoms with Gasteiger partial charge in [0.25, 0.3) is 5.91 Å². The second-order valence-electron chi connectivity index (χ2n) is 5.85. The molecule has 3 rings (SSSR count). The number of hydroxylamine groups is 1. The predicted molar refractivity (Wildman–Crippen MR) is 99.9 cm³/mol. The number of amides is 2. The number of hydrogen-bond donors (Lipinski definition) is 3. The molecule has 132 valence electrons. The average molecular weight is 349 g/mol. The zero-order valence-electron chi connectivity index (χ0n) is 14.1. The molecular weight excluding hydrogens is 330 g/mol. The minimum atomic E-state index is -0.609. The van der Waals surface area contributed by atoms with Crippen molar-refractivity contribution in [2.75, 3.05) is 11.4 Å². The van der Waals surface area contributed by atoms with Gasteiger partial charge >= 0.3 is 0 Å². The van der Waals surface area contributed by atoms with E-state index in [4.69, 9.17) is 10.9 Å². The molecule has 0 spiro atoms. The second kappa shape index (κ2) is 7.77. The van der Waals surface area contributed by atoms with E-state index in [-0.39, 0.29) is 12.5 Å². The van der Waals surface area contributed by atoms with E-state index in [0.717, 1.165) is 16.3 Å². The SMILES string of the molecule is NCC(=O)N(Cc1ccc2ccccc2c1)c1ccc(C(=O)NO)cc1. The van der Waals surface area contributed by atoms with Crippen LogP contribution < -0.4 is 16.1 Å². The molecule has 0 unspecified atom stereocenters. The quantitative estimate of drug-likeness (QED) is 0.487. The van der Waals surface area contributed by atoms with Gasteiger partial charge < -0.3 is 10.6 Å². The van der Waals surface area contributed by atoms with Crippen LogP contribution in [0.3, 0.4) is 0 Å². The minimum Gasteiger partial charge on any atom is -0.322 e. The first-order valence-electron chi connectivity index (χ1n) is 8.15. The van der Waals surface area contributed by atoms with Crippen LogP contribution in [-0.4, -0.2) is 23.6 Å². The van der Waals surface area contributed by atoms with Crippen molar-refractivity contribution < 1.29 is 14.8 Å². The monoisotopic (exact) mass is 349 g/mol. The first-order valence-corrected chi connectivity index (χ1v) is 8.15. The van der Waals surface area contributed by atoms with Gasteiger partial charge in [0, 0.05) is 11.3 Å². The van der Waals surface area contributed by atoms with Gasteiger partial charge in [-0.1, -0.05) is 36.4 Å². The fourth-order valence-electron chi connectivity index (χ4n) is 2.81. The summed E-state index contributed by atoms with van der Waals surface area (Å²) in [4.78, 5) is 25.3.